The molecule has 10 heteroatoms. The summed E-state index contributed by atoms with van der Waals surface area (Å²) in [4.78, 5) is 35.4. The summed E-state index contributed by atoms with van der Waals surface area (Å²) in [7, 11) is 3.40. The number of hydrogen-bond acceptors (Lipinski definition) is 6. The number of anilines is 1. The summed E-state index contributed by atoms with van der Waals surface area (Å²) in [5.74, 6) is -0.295. The van der Waals surface area contributed by atoms with Crippen LogP contribution < -0.4 is 5.32 Å². The fourth-order valence-corrected chi connectivity index (χ4v) is 5.43. The van der Waals surface area contributed by atoms with Crippen molar-refractivity contribution < 1.29 is 9.59 Å². The molecule has 0 bridgehead atoms. The molecule has 0 aliphatic heterocycles. The second-order valence-electron chi connectivity index (χ2n) is 8.17. The van der Waals surface area contributed by atoms with Gasteiger partial charge in [-0.2, -0.15) is 5.10 Å². The Morgan fingerprint density at radius 2 is 2.03 bits per heavy atom. The molecule has 1 aliphatic carbocycles. The van der Waals surface area contributed by atoms with Gasteiger partial charge in [0.25, 0.3) is 5.91 Å². The third kappa shape index (κ3) is 3.86. The maximum atomic E-state index is 12.4. The molecule has 0 fully saturated rings. The zero-order valence-electron chi connectivity index (χ0n) is 18.8. The Bertz CT molecular complexity index is 1430. The van der Waals surface area contributed by atoms with E-state index in [9.17, 15) is 9.59 Å². The van der Waals surface area contributed by atoms with Gasteiger partial charge in [0.05, 0.1) is 32.7 Å². The molecule has 2 amide bonds. The normalized spacial score (nSPS) is 12.1. The molecule has 172 valence electrons. The van der Waals surface area contributed by atoms with Gasteiger partial charge in [0.15, 0.2) is 5.13 Å². The molecule has 0 spiro atoms. The number of rotatable bonds is 4. The Hall–Kier alpha value is -3.56. The van der Waals surface area contributed by atoms with E-state index in [1.807, 2.05) is 22.9 Å². The standard InChI is InChI=1S/C24H21ClN6O2S/c1-13(32)27-24-28-18-8-7-16-20(15-5-4-10-26-12-15)29-31(21(16)22(18)34-24)19-9-6-14(11-17(19)25)23(33)30(2)3/h4-6,9-12H,7-8H2,1-3H3,(H,27,28,32). The first-order chi connectivity index (χ1) is 16.3. The van der Waals surface area contributed by atoms with Crippen LogP contribution in [-0.4, -0.2) is 50.6 Å². The minimum absolute atomic E-state index is 0.128. The third-order valence-electron chi connectivity index (χ3n) is 5.55. The van der Waals surface area contributed by atoms with Gasteiger partial charge in [-0.1, -0.05) is 22.9 Å². The number of halogens is 1. The van der Waals surface area contributed by atoms with Crippen molar-refractivity contribution in [3.05, 3.63) is 64.6 Å². The second-order valence-corrected chi connectivity index (χ2v) is 9.58. The average Bonchev–Trinajstić information content (AvgIpc) is 3.39. The highest BCUT2D eigenvalue weighted by atomic mass is 35.5. The van der Waals surface area contributed by atoms with Crippen LogP contribution in [0.4, 0.5) is 5.13 Å². The molecule has 8 nitrogen and oxygen atoms in total. The maximum Gasteiger partial charge on any atom is 0.253 e. The zero-order valence-corrected chi connectivity index (χ0v) is 20.4. The van der Waals surface area contributed by atoms with E-state index in [2.05, 4.69) is 15.3 Å². The summed E-state index contributed by atoms with van der Waals surface area (Å²) in [6.45, 7) is 1.47. The van der Waals surface area contributed by atoms with Crippen LogP contribution in [0.15, 0.2) is 42.7 Å². The van der Waals surface area contributed by atoms with Gasteiger partial charge in [-0.3, -0.25) is 14.6 Å². The summed E-state index contributed by atoms with van der Waals surface area (Å²) in [5, 5.41) is 8.72. The van der Waals surface area contributed by atoms with E-state index < -0.39 is 0 Å². The number of carbonyl (C=O) groups is 2. The van der Waals surface area contributed by atoms with E-state index in [-0.39, 0.29) is 11.8 Å². The first kappa shape index (κ1) is 22.2. The molecule has 0 saturated carbocycles. The molecule has 3 heterocycles. The van der Waals surface area contributed by atoms with E-state index in [1.54, 1.807) is 38.6 Å². The molecular weight excluding hydrogens is 472 g/mol. The number of hydrogen-bond donors (Lipinski definition) is 1. The highest BCUT2D eigenvalue weighted by Crippen LogP contribution is 2.44. The molecular formula is C24H21ClN6O2S. The number of benzene rings is 1. The summed E-state index contributed by atoms with van der Waals surface area (Å²) < 4.78 is 1.82. The summed E-state index contributed by atoms with van der Waals surface area (Å²) in [6, 6.07) is 9.08. The number of nitrogens with one attached hydrogen (secondary N) is 1. The smallest absolute Gasteiger partial charge is 0.253 e. The van der Waals surface area contributed by atoms with Crippen LogP contribution in [0.1, 0.15) is 28.5 Å². The van der Waals surface area contributed by atoms with E-state index in [4.69, 9.17) is 16.7 Å². The Balaban J connectivity index is 1.71. The number of aromatic nitrogens is 4. The molecule has 0 radical (unpaired) electrons. The third-order valence-corrected chi connectivity index (χ3v) is 6.88. The Labute approximate surface area is 205 Å². The first-order valence-electron chi connectivity index (χ1n) is 10.6. The van der Waals surface area contributed by atoms with Gasteiger partial charge >= 0.3 is 0 Å². The van der Waals surface area contributed by atoms with E-state index in [0.29, 0.717) is 21.4 Å². The van der Waals surface area contributed by atoms with Gasteiger partial charge in [-0.25, -0.2) is 9.67 Å². The Morgan fingerprint density at radius 3 is 2.71 bits per heavy atom. The van der Waals surface area contributed by atoms with Gasteiger partial charge in [0, 0.05) is 50.1 Å². The average molecular weight is 493 g/mol. The molecule has 0 atom stereocenters. The van der Waals surface area contributed by atoms with Gasteiger partial charge < -0.3 is 10.2 Å². The quantitative estimate of drug-likeness (QED) is 0.453. The summed E-state index contributed by atoms with van der Waals surface area (Å²) >= 11 is 8.12. The van der Waals surface area contributed by atoms with Crippen molar-refractivity contribution in [3.63, 3.8) is 0 Å². The lowest BCUT2D eigenvalue weighted by Gasteiger charge is -2.16. The molecule has 4 aromatic rings. The van der Waals surface area contributed by atoms with Crippen molar-refractivity contribution in [3.8, 4) is 27.5 Å². The molecule has 3 aromatic heterocycles. The van der Waals surface area contributed by atoms with Crippen molar-refractivity contribution >= 4 is 39.9 Å². The van der Waals surface area contributed by atoms with Gasteiger partial charge in [-0.05, 0) is 43.2 Å². The lowest BCUT2D eigenvalue weighted by Crippen LogP contribution is -2.21. The number of thiazole rings is 1. The number of nitrogens with zero attached hydrogens (tertiary/aromatic N) is 5. The summed E-state index contributed by atoms with van der Waals surface area (Å²) in [5.41, 5.74) is 5.77. The van der Waals surface area contributed by atoms with Gasteiger partial charge in [0.2, 0.25) is 5.91 Å². The number of amides is 2. The largest absolute Gasteiger partial charge is 0.345 e. The fourth-order valence-electron chi connectivity index (χ4n) is 4.05. The SMILES string of the molecule is CC(=O)Nc1nc2c(s1)-c1c(c(-c3cccnc3)nn1-c1ccc(C(=O)N(C)C)cc1Cl)CC2. The molecule has 1 aliphatic rings. The van der Waals surface area contributed by atoms with Crippen molar-refractivity contribution in [2.24, 2.45) is 0 Å². The molecule has 1 aromatic carbocycles. The summed E-state index contributed by atoms with van der Waals surface area (Å²) in [6.07, 6.45) is 5.00. The minimum Gasteiger partial charge on any atom is -0.345 e. The molecule has 34 heavy (non-hydrogen) atoms. The number of pyridine rings is 1. The predicted molar refractivity (Wildman–Crippen MR) is 133 cm³/mol. The van der Waals surface area contributed by atoms with E-state index >= 15 is 0 Å². The second kappa shape index (κ2) is 8.66. The van der Waals surface area contributed by atoms with Crippen LogP contribution in [0.2, 0.25) is 5.02 Å². The number of carbonyl (C=O) groups excluding carboxylic acids is 2. The lowest BCUT2D eigenvalue weighted by atomic mass is 9.95. The van der Waals surface area contributed by atoms with E-state index in [1.165, 1.54) is 23.2 Å². The predicted octanol–water partition coefficient (Wildman–Crippen LogP) is 4.47. The van der Waals surface area contributed by atoms with Crippen LogP contribution >= 0.6 is 22.9 Å². The minimum atomic E-state index is -0.167. The van der Waals surface area contributed by atoms with E-state index in [0.717, 1.165) is 45.9 Å². The van der Waals surface area contributed by atoms with Crippen LogP contribution in [0.3, 0.4) is 0 Å². The van der Waals surface area contributed by atoms with Crippen LogP contribution in [-0.2, 0) is 17.6 Å². The molecule has 1 N–H and O–H groups in total. The number of fused-ring (bicyclic) bond motifs is 3. The van der Waals surface area contributed by atoms with Crippen molar-refractivity contribution in [2.45, 2.75) is 19.8 Å². The van der Waals surface area contributed by atoms with Crippen molar-refractivity contribution in [1.29, 1.82) is 0 Å². The fraction of sp³-hybridized carbons (Fsp3) is 0.208. The van der Waals surface area contributed by atoms with Crippen LogP contribution in [0.5, 0.6) is 0 Å². The molecule has 0 unspecified atom stereocenters. The van der Waals surface area contributed by atoms with Gasteiger partial charge in [-0.15, -0.1) is 0 Å². The monoisotopic (exact) mass is 492 g/mol. The maximum absolute atomic E-state index is 12.4. The number of aryl methyl sites for hydroxylation is 1. The highest BCUT2D eigenvalue weighted by Gasteiger charge is 2.30. The van der Waals surface area contributed by atoms with Gasteiger partial charge in [0.1, 0.15) is 0 Å². The van der Waals surface area contributed by atoms with Crippen molar-refractivity contribution in [1.82, 2.24) is 24.6 Å². The Kier molecular flexibility index (Phi) is 5.66. The lowest BCUT2D eigenvalue weighted by molar-refractivity contribution is -0.114. The zero-order chi connectivity index (χ0) is 24.0. The van der Waals surface area contributed by atoms with Crippen LogP contribution in [0, 0.1) is 0 Å². The van der Waals surface area contributed by atoms with Crippen LogP contribution in [0.25, 0.3) is 27.5 Å². The Morgan fingerprint density at radius 1 is 1.21 bits per heavy atom. The molecule has 0 saturated heterocycles. The molecule has 5 rings (SSSR count). The first-order valence-corrected chi connectivity index (χ1v) is 11.8. The van der Waals surface area contributed by atoms with Crippen molar-refractivity contribution in [2.75, 3.05) is 19.4 Å². The highest BCUT2D eigenvalue weighted by molar-refractivity contribution is 7.19. The topological polar surface area (TPSA) is 93.0 Å².